The van der Waals surface area contributed by atoms with Crippen LogP contribution in [0.2, 0.25) is 0 Å². The lowest BCUT2D eigenvalue weighted by atomic mass is 9.78. The second-order valence-corrected chi connectivity index (χ2v) is 13.5. The highest BCUT2D eigenvalue weighted by Crippen LogP contribution is 2.59. The predicted octanol–water partition coefficient (Wildman–Crippen LogP) is 7.16. The normalized spacial score (nSPS) is 17.6. The van der Waals surface area contributed by atoms with Crippen molar-refractivity contribution >= 4 is 12.0 Å². The number of aryl methyl sites for hydroxylation is 1. The molecule has 7 rings (SSSR count). The third-order valence-corrected chi connectivity index (χ3v) is 10.5. The summed E-state index contributed by atoms with van der Waals surface area (Å²) in [4.78, 5) is 24.7. The van der Waals surface area contributed by atoms with Crippen molar-refractivity contribution in [2.24, 2.45) is 5.10 Å². The summed E-state index contributed by atoms with van der Waals surface area (Å²) in [5, 5.41) is 17.4. The number of allylic oxidation sites excluding steroid dienone is 2. The maximum Gasteiger partial charge on any atom is 0.150 e. The molecular formula is C41H42FN7O. The van der Waals surface area contributed by atoms with E-state index in [1.165, 1.54) is 28.5 Å². The fraction of sp³-hybridized carbons (Fsp3) is 0.341. The molecule has 2 fully saturated rings. The highest BCUT2D eigenvalue weighted by molar-refractivity contribution is 6.07. The van der Waals surface area contributed by atoms with Gasteiger partial charge in [-0.1, -0.05) is 35.9 Å². The van der Waals surface area contributed by atoms with Crippen molar-refractivity contribution in [3.63, 3.8) is 0 Å². The van der Waals surface area contributed by atoms with Crippen LogP contribution in [0.25, 0.3) is 11.1 Å². The van der Waals surface area contributed by atoms with Gasteiger partial charge in [0, 0.05) is 59.4 Å². The van der Waals surface area contributed by atoms with Crippen molar-refractivity contribution in [1.82, 2.24) is 25.6 Å². The van der Waals surface area contributed by atoms with Crippen LogP contribution < -0.4 is 10.7 Å². The van der Waals surface area contributed by atoms with Gasteiger partial charge in [-0.05, 0) is 99.9 Å². The first-order chi connectivity index (χ1) is 24.5. The van der Waals surface area contributed by atoms with E-state index in [1.54, 1.807) is 25.4 Å². The van der Waals surface area contributed by atoms with Gasteiger partial charge in [-0.25, -0.2) is 4.39 Å². The Morgan fingerprint density at radius 2 is 1.94 bits per heavy atom. The Balaban J connectivity index is 1.34. The van der Waals surface area contributed by atoms with Crippen LogP contribution in [-0.4, -0.2) is 47.5 Å². The summed E-state index contributed by atoms with van der Waals surface area (Å²) in [6.45, 7) is 1.09. The first-order valence-corrected chi connectivity index (χ1v) is 17.6. The molecule has 1 unspecified atom stereocenters. The molecule has 2 heterocycles. The number of hydrogen-bond donors (Lipinski definition) is 2. The van der Waals surface area contributed by atoms with Gasteiger partial charge in [0.1, 0.15) is 5.82 Å². The maximum absolute atomic E-state index is 14.9. The van der Waals surface area contributed by atoms with Crippen LogP contribution >= 0.6 is 0 Å². The minimum Gasteiger partial charge on any atom is -0.360 e. The minimum absolute atomic E-state index is 0.0678. The van der Waals surface area contributed by atoms with Gasteiger partial charge in [0.15, 0.2) is 6.29 Å². The van der Waals surface area contributed by atoms with Crippen LogP contribution in [0, 0.1) is 17.1 Å². The number of aldehydes is 1. The monoisotopic (exact) mass is 667 g/mol. The van der Waals surface area contributed by atoms with Crippen molar-refractivity contribution in [3.8, 4) is 17.2 Å². The number of benzene rings is 2. The number of nitrogens with one attached hydrogen (secondary N) is 2. The van der Waals surface area contributed by atoms with Crippen LogP contribution in [0.5, 0.6) is 0 Å². The average Bonchev–Trinajstić information content (AvgIpc) is 3.94. The Bertz CT molecular complexity index is 2000. The second kappa shape index (κ2) is 14.3. The van der Waals surface area contributed by atoms with E-state index in [9.17, 15) is 14.4 Å². The molecule has 50 heavy (non-hydrogen) atoms. The molecule has 2 N–H and O–H groups in total. The topological polar surface area (TPSA) is 106 Å². The molecule has 0 aliphatic heterocycles. The zero-order chi connectivity index (χ0) is 34.7. The number of pyridine rings is 2. The Morgan fingerprint density at radius 1 is 1.08 bits per heavy atom. The summed E-state index contributed by atoms with van der Waals surface area (Å²) in [7, 11) is 3.65. The van der Waals surface area contributed by atoms with Crippen LogP contribution in [0.4, 0.5) is 4.39 Å². The van der Waals surface area contributed by atoms with E-state index in [0.717, 1.165) is 80.3 Å². The quantitative estimate of drug-likeness (QED) is 0.0939. The van der Waals surface area contributed by atoms with Crippen molar-refractivity contribution < 1.29 is 9.18 Å². The summed E-state index contributed by atoms with van der Waals surface area (Å²) in [5.41, 5.74) is 13.4. The number of nitriles is 1. The Labute approximate surface area is 293 Å². The molecule has 1 atom stereocenters. The number of halogens is 1. The number of hydrogen-bond acceptors (Lipinski definition) is 8. The largest absolute Gasteiger partial charge is 0.360 e. The molecule has 254 valence electrons. The third kappa shape index (κ3) is 6.20. The summed E-state index contributed by atoms with van der Waals surface area (Å²) >= 11 is 0. The number of carbonyl (C=O) groups is 1. The summed E-state index contributed by atoms with van der Waals surface area (Å²) in [6, 6.07) is 21.1. The van der Waals surface area contributed by atoms with E-state index in [-0.39, 0.29) is 22.6 Å². The first kappa shape index (κ1) is 33.3. The molecule has 4 aromatic rings. The Morgan fingerprint density at radius 3 is 2.62 bits per heavy atom. The van der Waals surface area contributed by atoms with Gasteiger partial charge in [0.05, 0.1) is 41.3 Å². The van der Waals surface area contributed by atoms with Crippen molar-refractivity contribution in [2.45, 2.75) is 69.4 Å². The number of nitrogens with zero attached hydrogens (tertiary/aromatic N) is 5. The molecule has 0 radical (unpaired) electrons. The smallest absolute Gasteiger partial charge is 0.150 e. The van der Waals surface area contributed by atoms with Gasteiger partial charge in [-0.15, -0.1) is 0 Å². The molecule has 8 nitrogen and oxygen atoms in total. The molecule has 2 aromatic heterocycles. The summed E-state index contributed by atoms with van der Waals surface area (Å²) in [6.07, 6.45) is 12.8. The molecule has 2 saturated carbocycles. The van der Waals surface area contributed by atoms with E-state index in [4.69, 9.17) is 9.97 Å². The van der Waals surface area contributed by atoms with Crippen molar-refractivity contribution in [2.75, 3.05) is 20.6 Å². The number of aromatic nitrogens is 2. The number of rotatable bonds is 12. The van der Waals surface area contributed by atoms with Gasteiger partial charge in [0.2, 0.25) is 0 Å². The zero-order valence-electron chi connectivity index (χ0n) is 28.7. The highest BCUT2D eigenvalue weighted by atomic mass is 19.1. The second-order valence-electron chi connectivity index (χ2n) is 13.5. The molecule has 3 aliphatic rings. The van der Waals surface area contributed by atoms with Gasteiger partial charge in [0.25, 0.3) is 0 Å². The minimum atomic E-state index is -0.435. The number of carbonyl (C=O) groups excluding carboxylic acids is 1. The average molecular weight is 668 g/mol. The standard InChI is InChI=1S/C41H42FN7O/c1-44-24-36(48-45-2)34-21-32(16-14-31(34)26-50)41(18-19-41)40(28-8-3-9-28)49(37-13-5-7-27-11-6-20-46-39(27)37)25-33-17-15-30(23-47-33)38-29(22-43)10-4-12-35(38)42/h4,6,10-12,14-17,20-21,23,26,37,44-45H,3,5,7-9,13,18-19,24-25H2,1-2H3/b48-36-. The van der Waals surface area contributed by atoms with Crippen LogP contribution in [-0.2, 0) is 18.4 Å². The van der Waals surface area contributed by atoms with E-state index in [2.05, 4.69) is 45.0 Å². The lowest BCUT2D eigenvalue weighted by Gasteiger charge is -2.44. The molecular weight excluding hydrogens is 625 g/mol. The molecule has 3 aliphatic carbocycles. The summed E-state index contributed by atoms with van der Waals surface area (Å²) < 4.78 is 14.9. The van der Waals surface area contributed by atoms with E-state index in [1.807, 2.05) is 37.5 Å². The Kier molecular flexibility index (Phi) is 9.55. The van der Waals surface area contributed by atoms with Gasteiger partial charge >= 0.3 is 0 Å². The fourth-order valence-corrected chi connectivity index (χ4v) is 7.88. The van der Waals surface area contributed by atoms with Crippen LogP contribution in [0.3, 0.4) is 0 Å². The van der Waals surface area contributed by atoms with E-state index >= 15 is 0 Å². The number of likely N-dealkylation sites (N-methyl/N-ethyl adjacent to an activating group) is 1. The first-order valence-electron chi connectivity index (χ1n) is 17.6. The number of hydrazone groups is 1. The van der Waals surface area contributed by atoms with Crippen LogP contribution in [0.1, 0.15) is 95.0 Å². The lowest BCUT2D eigenvalue weighted by molar-refractivity contribution is 0.112. The Hall–Kier alpha value is -5.20. The predicted molar refractivity (Wildman–Crippen MR) is 193 cm³/mol. The molecule has 9 heteroatoms. The maximum atomic E-state index is 14.9. The van der Waals surface area contributed by atoms with Gasteiger partial charge in [-0.3, -0.25) is 14.8 Å². The SMILES string of the molecule is CNC/C(=N/NC)c1cc(C2(C(=C3CCC3)N(Cc3ccc(-c4c(F)cccc4C#N)cn3)C3CCCc4cccnc43)CC2)ccc1C=O. The van der Waals surface area contributed by atoms with E-state index < -0.39 is 5.82 Å². The molecule has 0 spiro atoms. The van der Waals surface area contributed by atoms with Gasteiger partial charge < -0.3 is 15.6 Å². The summed E-state index contributed by atoms with van der Waals surface area (Å²) in [5.74, 6) is -0.435. The van der Waals surface area contributed by atoms with Crippen molar-refractivity contribution in [1.29, 1.82) is 5.26 Å². The number of fused-ring (bicyclic) bond motifs is 1. The van der Waals surface area contributed by atoms with Gasteiger partial charge in [-0.2, -0.15) is 10.4 Å². The fourth-order valence-electron chi connectivity index (χ4n) is 7.88. The lowest BCUT2D eigenvalue weighted by Crippen LogP contribution is -2.38. The molecule has 0 amide bonds. The highest BCUT2D eigenvalue weighted by Gasteiger charge is 2.52. The van der Waals surface area contributed by atoms with Crippen LogP contribution in [0.15, 0.2) is 89.4 Å². The van der Waals surface area contributed by atoms with E-state index in [0.29, 0.717) is 24.2 Å². The third-order valence-electron chi connectivity index (χ3n) is 10.5. The molecule has 0 bridgehead atoms. The van der Waals surface area contributed by atoms with Crippen molar-refractivity contribution in [3.05, 3.63) is 129 Å². The molecule has 0 saturated heterocycles. The zero-order valence-corrected chi connectivity index (χ0v) is 28.7. The molecule has 2 aromatic carbocycles.